The summed E-state index contributed by atoms with van der Waals surface area (Å²) in [4.78, 5) is 2.01. The van der Waals surface area contributed by atoms with Gasteiger partial charge in [-0.1, -0.05) is 12.2 Å². The van der Waals surface area contributed by atoms with E-state index in [1.807, 2.05) is 18.1 Å². The summed E-state index contributed by atoms with van der Waals surface area (Å²) in [6.07, 6.45) is 5.25. The maximum absolute atomic E-state index is 3.71. The second kappa shape index (κ2) is 4.31. The SMILES string of the molecule is C=CN(C)C=C(C)C1CCNC1. The zero-order chi connectivity index (χ0) is 8.97. The number of nitrogens with zero attached hydrogens (tertiary/aromatic N) is 1. The Kier molecular flexibility index (Phi) is 3.35. The van der Waals surface area contributed by atoms with E-state index in [1.54, 1.807) is 0 Å². The standard InChI is InChI=1S/C10H18N2/c1-4-12(3)8-9(2)10-5-6-11-7-10/h4,8,10-11H,1,5-7H2,2-3H3. The van der Waals surface area contributed by atoms with Gasteiger partial charge in [0.15, 0.2) is 0 Å². The minimum absolute atomic E-state index is 0.729. The molecule has 0 bridgehead atoms. The minimum Gasteiger partial charge on any atom is -0.358 e. The molecule has 1 saturated heterocycles. The second-order valence-corrected chi connectivity index (χ2v) is 3.41. The van der Waals surface area contributed by atoms with E-state index in [0.29, 0.717) is 0 Å². The Hall–Kier alpha value is -0.760. The normalized spacial score (nSPS) is 24.2. The third kappa shape index (κ3) is 2.38. The molecule has 0 aromatic carbocycles. The van der Waals surface area contributed by atoms with E-state index < -0.39 is 0 Å². The van der Waals surface area contributed by atoms with Crippen LogP contribution in [0.3, 0.4) is 0 Å². The van der Waals surface area contributed by atoms with Crippen LogP contribution in [0.5, 0.6) is 0 Å². The molecule has 1 atom stereocenters. The Labute approximate surface area is 74.9 Å². The number of hydrogen-bond acceptors (Lipinski definition) is 2. The fourth-order valence-corrected chi connectivity index (χ4v) is 1.52. The van der Waals surface area contributed by atoms with Crippen LogP contribution in [0.1, 0.15) is 13.3 Å². The average molecular weight is 166 g/mol. The van der Waals surface area contributed by atoms with Crippen LogP contribution >= 0.6 is 0 Å². The van der Waals surface area contributed by atoms with Gasteiger partial charge in [-0.15, -0.1) is 0 Å². The van der Waals surface area contributed by atoms with Crippen LogP contribution in [0.4, 0.5) is 0 Å². The first-order chi connectivity index (χ1) is 5.74. The summed E-state index contributed by atoms with van der Waals surface area (Å²) in [7, 11) is 2.01. The van der Waals surface area contributed by atoms with Crippen molar-refractivity contribution < 1.29 is 0 Å². The summed E-state index contributed by atoms with van der Waals surface area (Å²) >= 11 is 0. The number of rotatable bonds is 3. The molecular weight excluding hydrogens is 148 g/mol. The third-order valence-corrected chi connectivity index (χ3v) is 2.40. The van der Waals surface area contributed by atoms with Gasteiger partial charge in [0.25, 0.3) is 0 Å². The van der Waals surface area contributed by atoms with E-state index in [9.17, 15) is 0 Å². The highest BCUT2D eigenvalue weighted by atomic mass is 15.0. The molecule has 1 heterocycles. The second-order valence-electron chi connectivity index (χ2n) is 3.41. The van der Waals surface area contributed by atoms with Gasteiger partial charge in [0.05, 0.1) is 0 Å². The summed E-state index contributed by atoms with van der Waals surface area (Å²) in [5.41, 5.74) is 1.45. The van der Waals surface area contributed by atoms with E-state index in [2.05, 4.69) is 25.0 Å². The van der Waals surface area contributed by atoms with Gasteiger partial charge in [0.2, 0.25) is 0 Å². The first kappa shape index (κ1) is 9.33. The van der Waals surface area contributed by atoms with E-state index in [4.69, 9.17) is 0 Å². The third-order valence-electron chi connectivity index (χ3n) is 2.40. The van der Waals surface area contributed by atoms with Gasteiger partial charge in [0, 0.05) is 19.8 Å². The Morgan fingerprint density at radius 2 is 2.42 bits per heavy atom. The van der Waals surface area contributed by atoms with Crippen LogP contribution in [0.25, 0.3) is 0 Å². The molecular formula is C10H18N2. The molecule has 68 valence electrons. The van der Waals surface area contributed by atoms with Crippen LogP contribution in [0.15, 0.2) is 24.6 Å². The Morgan fingerprint density at radius 1 is 1.67 bits per heavy atom. The summed E-state index contributed by atoms with van der Waals surface area (Å²) in [5.74, 6) is 0.729. The van der Waals surface area contributed by atoms with Crippen molar-refractivity contribution in [3.63, 3.8) is 0 Å². The van der Waals surface area contributed by atoms with Crippen molar-refractivity contribution in [3.8, 4) is 0 Å². The van der Waals surface area contributed by atoms with Gasteiger partial charge < -0.3 is 10.2 Å². The van der Waals surface area contributed by atoms with Crippen molar-refractivity contribution in [2.24, 2.45) is 5.92 Å². The quantitative estimate of drug-likeness (QED) is 0.684. The molecule has 0 aromatic rings. The lowest BCUT2D eigenvalue weighted by Gasteiger charge is -2.13. The van der Waals surface area contributed by atoms with Gasteiger partial charge >= 0.3 is 0 Å². The van der Waals surface area contributed by atoms with Crippen molar-refractivity contribution in [2.75, 3.05) is 20.1 Å². The van der Waals surface area contributed by atoms with Crippen LogP contribution in [0.2, 0.25) is 0 Å². The van der Waals surface area contributed by atoms with Crippen molar-refractivity contribution in [1.82, 2.24) is 10.2 Å². The molecule has 2 nitrogen and oxygen atoms in total. The van der Waals surface area contributed by atoms with E-state index >= 15 is 0 Å². The number of hydrogen-bond donors (Lipinski definition) is 1. The van der Waals surface area contributed by atoms with Crippen molar-refractivity contribution in [1.29, 1.82) is 0 Å². The average Bonchev–Trinajstić information content (AvgIpc) is 2.56. The maximum Gasteiger partial charge on any atom is 0.0106 e. The number of nitrogens with one attached hydrogen (secondary N) is 1. The smallest absolute Gasteiger partial charge is 0.0106 e. The molecule has 0 aliphatic carbocycles. The highest BCUT2D eigenvalue weighted by Gasteiger charge is 2.15. The fourth-order valence-electron chi connectivity index (χ4n) is 1.52. The van der Waals surface area contributed by atoms with Gasteiger partial charge in [-0.25, -0.2) is 0 Å². The molecule has 0 aromatic heterocycles. The summed E-state index contributed by atoms with van der Waals surface area (Å²) in [6, 6.07) is 0. The molecule has 0 spiro atoms. The lowest BCUT2D eigenvalue weighted by Crippen LogP contribution is -2.11. The highest BCUT2D eigenvalue weighted by Crippen LogP contribution is 2.17. The maximum atomic E-state index is 3.71. The van der Waals surface area contributed by atoms with E-state index in [1.165, 1.54) is 12.0 Å². The zero-order valence-corrected chi connectivity index (χ0v) is 8.01. The topological polar surface area (TPSA) is 15.3 Å². The predicted molar refractivity (Wildman–Crippen MR) is 52.7 cm³/mol. The molecule has 1 aliphatic heterocycles. The highest BCUT2D eigenvalue weighted by molar-refractivity contribution is 5.06. The summed E-state index contributed by atoms with van der Waals surface area (Å²) in [6.45, 7) is 8.19. The van der Waals surface area contributed by atoms with Gasteiger partial charge in [-0.05, 0) is 32.0 Å². The van der Waals surface area contributed by atoms with Crippen LogP contribution in [-0.4, -0.2) is 25.0 Å². The summed E-state index contributed by atoms with van der Waals surface area (Å²) < 4.78 is 0. The monoisotopic (exact) mass is 166 g/mol. The minimum atomic E-state index is 0.729. The molecule has 1 N–H and O–H groups in total. The molecule has 1 rings (SSSR count). The molecule has 0 radical (unpaired) electrons. The fraction of sp³-hybridized carbons (Fsp3) is 0.600. The largest absolute Gasteiger partial charge is 0.358 e. The lowest BCUT2D eigenvalue weighted by molar-refractivity contribution is 0.589. The van der Waals surface area contributed by atoms with E-state index in [0.717, 1.165) is 19.0 Å². The van der Waals surface area contributed by atoms with Gasteiger partial charge in [0.1, 0.15) is 0 Å². The molecule has 0 amide bonds. The van der Waals surface area contributed by atoms with Crippen molar-refractivity contribution in [2.45, 2.75) is 13.3 Å². The first-order valence-corrected chi connectivity index (χ1v) is 4.47. The van der Waals surface area contributed by atoms with Crippen LogP contribution in [0, 0.1) is 5.92 Å². The molecule has 1 fully saturated rings. The van der Waals surface area contributed by atoms with Gasteiger partial charge in [-0.2, -0.15) is 0 Å². The molecule has 2 heteroatoms. The van der Waals surface area contributed by atoms with Crippen molar-refractivity contribution >= 4 is 0 Å². The molecule has 1 aliphatic rings. The zero-order valence-electron chi connectivity index (χ0n) is 8.01. The molecule has 1 unspecified atom stereocenters. The molecule has 12 heavy (non-hydrogen) atoms. The van der Waals surface area contributed by atoms with Crippen LogP contribution in [-0.2, 0) is 0 Å². The lowest BCUT2D eigenvalue weighted by atomic mass is 10.0. The van der Waals surface area contributed by atoms with Gasteiger partial charge in [-0.3, -0.25) is 0 Å². The Balaban J connectivity index is 2.49. The summed E-state index contributed by atoms with van der Waals surface area (Å²) in [5, 5.41) is 3.36. The van der Waals surface area contributed by atoms with Crippen molar-refractivity contribution in [3.05, 3.63) is 24.6 Å². The predicted octanol–water partition coefficient (Wildman–Crippen LogP) is 1.57. The van der Waals surface area contributed by atoms with Crippen LogP contribution < -0.4 is 5.32 Å². The Bertz CT molecular complexity index is 178. The van der Waals surface area contributed by atoms with E-state index in [-0.39, 0.29) is 0 Å². The Morgan fingerprint density at radius 3 is 2.92 bits per heavy atom. The molecule has 0 saturated carbocycles. The first-order valence-electron chi connectivity index (χ1n) is 4.47.